The van der Waals surface area contributed by atoms with Gasteiger partial charge in [0.15, 0.2) is 5.82 Å². The summed E-state index contributed by atoms with van der Waals surface area (Å²) in [4.78, 5) is 16.9. The number of aliphatic hydroxyl groups is 1. The lowest BCUT2D eigenvalue weighted by Gasteiger charge is -2.43. The molecule has 25 heavy (non-hydrogen) atoms. The summed E-state index contributed by atoms with van der Waals surface area (Å²) in [6.45, 7) is 6.20. The van der Waals surface area contributed by atoms with Gasteiger partial charge in [0, 0.05) is 44.8 Å². The van der Waals surface area contributed by atoms with Crippen molar-refractivity contribution in [1.82, 2.24) is 9.80 Å². The van der Waals surface area contributed by atoms with Crippen LogP contribution in [0.1, 0.15) is 12.8 Å². The van der Waals surface area contributed by atoms with Crippen LogP contribution in [0.4, 0.5) is 15.8 Å². The zero-order valence-corrected chi connectivity index (χ0v) is 14.3. The Labute approximate surface area is 146 Å². The number of piperazine rings is 1. The van der Waals surface area contributed by atoms with E-state index in [2.05, 4.69) is 9.80 Å². The first-order valence-electron chi connectivity index (χ1n) is 8.84. The Bertz CT molecular complexity index is 600. The van der Waals surface area contributed by atoms with E-state index in [9.17, 15) is 14.5 Å². The first kappa shape index (κ1) is 18.0. The van der Waals surface area contributed by atoms with Crippen LogP contribution in [0.25, 0.3) is 0 Å². The zero-order valence-electron chi connectivity index (χ0n) is 14.3. The molecule has 2 aliphatic rings. The van der Waals surface area contributed by atoms with Gasteiger partial charge in [-0.05, 0) is 32.0 Å². The van der Waals surface area contributed by atoms with Crippen molar-refractivity contribution >= 4 is 11.4 Å². The number of likely N-dealkylation sites (tertiary alicyclic amines) is 1. The van der Waals surface area contributed by atoms with Crippen molar-refractivity contribution in [2.24, 2.45) is 0 Å². The number of hydrogen-bond acceptors (Lipinski definition) is 6. The van der Waals surface area contributed by atoms with E-state index >= 15 is 0 Å². The quantitative estimate of drug-likeness (QED) is 0.636. The van der Waals surface area contributed by atoms with Crippen LogP contribution < -0.4 is 4.90 Å². The van der Waals surface area contributed by atoms with Gasteiger partial charge in [0.25, 0.3) is 5.69 Å². The van der Waals surface area contributed by atoms with Crippen molar-refractivity contribution in [2.75, 3.05) is 57.3 Å². The molecule has 0 spiro atoms. The van der Waals surface area contributed by atoms with Gasteiger partial charge in [-0.3, -0.25) is 15.0 Å². The SMILES string of the molecule is O=[N+]([O-])c1ccc(N2CCN(C3CCN(CCO)CC3)CC2)c(F)c1. The molecule has 0 aliphatic carbocycles. The second-order valence-corrected chi connectivity index (χ2v) is 6.71. The Morgan fingerprint density at radius 2 is 1.84 bits per heavy atom. The maximum atomic E-state index is 14.2. The predicted octanol–water partition coefficient (Wildman–Crippen LogP) is 1.31. The normalized spacial score (nSPS) is 20.8. The van der Waals surface area contributed by atoms with Crippen LogP contribution in [0.2, 0.25) is 0 Å². The Hall–Kier alpha value is -1.77. The van der Waals surface area contributed by atoms with Crippen molar-refractivity contribution in [2.45, 2.75) is 18.9 Å². The summed E-state index contributed by atoms with van der Waals surface area (Å²) in [6, 6.07) is 4.43. The predicted molar refractivity (Wildman–Crippen MR) is 93.4 cm³/mol. The third-order valence-corrected chi connectivity index (χ3v) is 5.29. The van der Waals surface area contributed by atoms with Gasteiger partial charge in [0.2, 0.25) is 0 Å². The van der Waals surface area contributed by atoms with Gasteiger partial charge in [0.05, 0.1) is 23.3 Å². The molecule has 7 nitrogen and oxygen atoms in total. The lowest BCUT2D eigenvalue weighted by Crippen LogP contribution is -2.53. The number of nitrogens with zero attached hydrogens (tertiary/aromatic N) is 4. The summed E-state index contributed by atoms with van der Waals surface area (Å²) in [5.74, 6) is -0.528. The lowest BCUT2D eigenvalue weighted by atomic mass is 10.0. The number of β-amino-alcohol motifs (C(OH)–C–C–N with tert-alkyl or cyclic N) is 1. The first-order valence-corrected chi connectivity index (χ1v) is 8.84. The first-order chi connectivity index (χ1) is 12.1. The molecule has 2 heterocycles. The number of aliphatic hydroxyl groups excluding tert-OH is 1. The number of piperidine rings is 1. The van der Waals surface area contributed by atoms with E-state index in [1.54, 1.807) is 0 Å². The van der Waals surface area contributed by atoms with Crippen LogP contribution in [0.3, 0.4) is 0 Å². The molecule has 0 unspecified atom stereocenters. The summed E-state index contributed by atoms with van der Waals surface area (Å²) < 4.78 is 14.2. The molecule has 3 rings (SSSR count). The highest BCUT2D eigenvalue weighted by Crippen LogP contribution is 2.26. The van der Waals surface area contributed by atoms with Gasteiger partial charge in [-0.2, -0.15) is 0 Å². The number of halogens is 1. The molecule has 0 radical (unpaired) electrons. The van der Waals surface area contributed by atoms with Crippen molar-refractivity contribution in [3.63, 3.8) is 0 Å². The maximum Gasteiger partial charge on any atom is 0.272 e. The molecule has 138 valence electrons. The minimum absolute atomic E-state index is 0.212. The Kier molecular flexibility index (Phi) is 5.82. The van der Waals surface area contributed by atoms with E-state index in [0.29, 0.717) is 11.7 Å². The number of non-ortho nitro benzene ring substituents is 1. The highest BCUT2D eigenvalue weighted by Gasteiger charge is 2.28. The van der Waals surface area contributed by atoms with Gasteiger partial charge in [0.1, 0.15) is 0 Å². The number of nitro benzene ring substituents is 1. The molecule has 8 heteroatoms. The maximum absolute atomic E-state index is 14.2. The molecule has 2 aliphatic heterocycles. The molecule has 0 amide bonds. The van der Waals surface area contributed by atoms with Crippen LogP contribution in [0, 0.1) is 15.9 Å². The smallest absolute Gasteiger partial charge is 0.272 e. The summed E-state index contributed by atoms with van der Waals surface area (Å²) in [7, 11) is 0. The molecule has 0 saturated carbocycles. The standard InChI is InChI=1S/C17H25FN4O3/c18-16-13-15(22(24)25)1-2-17(16)21-9-7-20(8-10-21)14-3-5-19(6-4-14)11-12-23/h1-2,13-14,23H,3-12H2. The molecule has 1 N–H and O–H groups in total. The van der Waals surface area contributed by atoms with E-state index in [1.807, 2.05) is 4.90 Å². The Balaban J connectivity index is 1.53. The van der Waals surface area contributed by atoms with Gasteiger partial charge in [-0.25, -0.2) is 4.39 Å². The van der Waals surface area contributed by atoms with Crippen LogP contribution in [0.5, 0.6) is 0 Å². The molecule has 1 aromatic rings. The average Bonchev–Trinajstić information content (AvgIpc) is 2.63. The Morgan fingerprint density at radius 3 is 2.40 bits per heavy atom. The summed E-state index contributed by atoms with van der Waals surface area (Å²) in [6.07, 6.45) is 2.21. The van der Waals surface area contributed by atoms with Crippen molar-refractivity contribution in [3.05, 3.63) is 34.1 Å². The van der Waals surface area contributed by atoms with Crippen LogP contribution in [-0.4, -0.2) is 78.3 Å². The van der Waals surface area contributed by atoms with E-state index in [1.165, 1.54) is 12.1 Å². The molecular formula is C17H25FN4O3. The van der Waals surface area contributed by atoms with Crippen molar-refractivity contribution in [1.29, 1.82) is 0 Å². The largest absolute Gasteiger partial charge is 0.395 e. The molecule has 0 atom stereocenters. The highest BCUT2D eigenvalue weighted by atomic mass is 19.1. The third kappa shape index (κ3) is 4.26. The monoisotopic (exact) mass is 352 g/mol. The van der Waals surface area contributed by atoms with Crippen LogP contribution in [0.15, 0.2) is 18.2 Å². The van der Waals surface area contributed by atoms with Crippen molar-refractivity contribution in [3.8, 4) is 0 Å². The van der Waals surface area contributed by atoms with Gasteiger partial charge in [-0.15, -0.1) is 0 Å². The van der Waals surface area contributed by atoms with E-state index in [4.69, 9.17) is 5.11 Å². The number of hydrogen-bond donors (Lipinski definition) is 1. The Morgan fingerprint density at radius 1 is 1.16 bits per heavy atom. The second-order valence-electron chi connectivity index (χ2n) is 6.71. The van der Waals surface area contributed by atoms with Crippen LogP contribution in [-0.2, 0) is 0 Å². The fraction of sp³-hybridized carbons (Fsp3) is 0.647. The van der Waals surface area contributed by atoms with Gasteiger partial charge in [-0.1, -0.05) is 0 Å². The van der Waals surface area contributed by atoms with E-state index in [-0.39, 0.29) is 12.3 Å². The molecule has 0 aromatic heterocycles. The molecule has 2 saturated heterocycles. The number of benzene rings is 1. The molecule has 0 bridgehead atoms. The average molecular weight is 352 g/mol. The molecular weight excluding hydrogens is 327 g/mol. The number of nitro groups is 1. The van der Waals surface area contributed by atoms with Gasteiger partial charge < -0.3 is 14.9 Å². The number of rotatable bonds is 5. The fourth-order valence-electron chi connectivity index (χ4n) is 3.84. The third-order valence-electron chi connectivity index (χ3n) is 5.29. The molecule has 2 fully saturated rings. The highest BCUT2D eigenvalue weighted by molar-refractivity contribution is 5.52. The van der Waals surface area contributed by atoms with Crippen LogP contribution >= 0.6 is 0 Å². The summed E-state index contributed by atoms with van der Waals surface area (Å²) in [5, 5.41) is 19.7. The molecule has 1 aromatic carbocycles. The fourth-order valence-corrected chi connectivity index (χ4v) is 3.84. The van der Waals surface area contributed by atoms with E-state index < -0.39 is 10.7 Å². The zero-order chi connectivity index (χ0) is 17.8. The topological polar surface area (TPSA) is 73.1 Å². The number of anilines is 1. The minimum atomic E-state index is -0.575. The minimum Gasteiger partial charge on any atom is -0.395 e. The second kappa shape index (κ2) is 8.07. The summed E-state index contributed by atoms with van der Waals surface area (Å²) >= 11 is 0. The van der Waals surface area contributed by atoms with Gasteiger partial charge >= 0.3 is 0 Å². The summed E-state index contributed by atoms with van der Waals surface area (Å²) in [5.41, 5.74) is 0.234. The van der Waals surface area contributed by atoms with Crippen molar-refractivity contribution < 1.29 is 14.4 Å². The lowest BCUT2D eigenvalue weighted by molar-refractivity contribution is -0.385. The van der Waals surface area contributed by atoms with E-state index in [0.717, 1.165) is 64.7 Å².